The van der Waals surface area contributed by atoms with Crippen molar-refractivity contribution in [1.82, 2.24) is 0 Å². The standard InChI is InChI=1S/C14H10BrClN2O/c1-19-14-6-5-9(16)7-13(14)18-12-4-2-3-11(15)10(12)8-17/h2-7,18H,1H3. The Balaban J connectivity index is 2.45. The zero-order valence-corrected chi connectivity index (χ0v) is 12.4. The smallest absolute Gasteiger partial charge is 0.142 e. The monoisotopic (exact) mass is 336 g/mol. The number of benzene rings is 2. The van der Waals surface area contributed by atoms with Crippen molar-refractivity contribution in [3.8, 4) is 11.8 Å². The van der Waals surface area contributed by atoms with E-state index in [2.05, 4.69) is 27.3 Å². The van der Waals surface area contributed by atoms with Crippen LogP contribution in [-0.2, 0) is 0 Å². The van der Waals surface area contributed by atoms with Crippen LogP contribution >= 0.6 is 27.5 Å². The van der Waals surface area contributed by atoms with Gasteiger partial charge in [0, 0.05) is 9.50 Å². The Morgan fingerprint density at radius 2 is 2.05 bits per heavy atom. The number of nitriles is 1. The Labute approximate surface area is 124 Å². The summed E-state index contributed by atoms with van der Waals surface area (Å²) in [5, 5.41) is 12.9. The van der Waals surface area contributed by atoms with Gasteiger partial charge in [0.2, 0.25) is 0 Å². The third-order valence-corrected chi connectivity index (χ3v) is 3.45. The van der Waals surface area contributed by atoms with Crippen LogP contribution in [0, 0.1) is 11.3 Å². The lowest BCUT2D eigenvalue weighted by Crippen LogP contribution is -1.97. The van der Waals surface area contributed by atoms with Crippen molar-refractivity contribution >= 4 is 38.9 Å². The van der Waals surface area contributed by atoms with Crippen LogP contribution < -0.4 is 10.1 Å². The van der Waals surface area contributed by atoms with Crippen LogP contribution in [0.1, 0.15) is 5.56 Å². The van der Waals surface area contributed by atoms with Gasteiger partial charge < -0.3 is 10.1 Å². The van der Waals surface area contributed by atoms with E-state index in [1.54, 1.807) is 25.3 Å². The van der Waals surface area contributed by atoms with Crippen molar-refractivity contribution in [3.05, 3.63) is 51.5 Å². The lowest BCUT2D eigenvalue weighted by molar-refractivity contribution is 0.417. The quantitative estimate of drug-likeness (QED) is 0.881. The van der Waals surface area contributed by atoms with Gasteiger partial charge in [0.05, 0.1) is 24.0 Å². The molecule has 2 aromatic rings. The molecule has 0 fully saturated rings. The van der Waals surface area contributed by atoms with Gasteiger partial charge in [-0.15, -0.1) is 0 Å². The maximum absolute atomic E-state index is 9.18. The van der Waals surface area contributed by atoms with Crippen LogP contribution in [0.4, 0.5) is 11.4 Å². The molecule has 0 heterocycles. The molecule has 0 spiro atoms. The van der Waals surface area contributed by atoms with Gasteiger partial charge in [-0.2, -0.15) is 5.26 Å². The summed E-state index contributed by atoms with van der Waals surface area (Å²) in [6.45, 7) is 0. The predicted molar refractivity (Wildman–Crippen MR) is 80.1 cm³/mol. The first kappa shape index (κ1) is 13.7. The van der Waals surface area contributed by atoms with Crippen LogP contribution in [0.3, 0.4) is 0 Å². The maximum atomic E-state index is 9.18. The normalized spacial score (nSPS) is 9.79. The fourth-order valence-corrected chi connectivity index (χ4v) is 2.29. The van der Waals surface area contributed by atoms with Crippen molar-refractivity contribution in [3.63, 3.8) is 0 Å². The lowest BCUT2D eigenvalue weighted by Gasteiger charge is -2.13. The SMILES string of the molecule is COc1ccc(Cl)cc1Nc1cccc(Br)c1C#N. The van der Waals surface area contributed by atoms with E-state index in [1.165, 1.54) is 0 Å². The van der Waals surface area contributed by atoms with E-state index in [1.807, 2.05) is 18.2 Å². The summed E-state index contributed by atoms with van der Waals surface area (Å²) < 4.78 is 6.00. The highest BCUT2D eigenvalue weighted by atomic mass is 79.9. The molecule has 3 nitrogen and oxygen atoms in total. The molecule has 1 N–H and O–H groups in total. The summed E-state index contributed by atoms with van der Waals surface area (Å²) in [6.07, 6.45) is 0. The Kier molecular flexibility index (Phi) is 4.31. The van der Waals surface area contributed by atoms with Gasteiger partial charge in [-0.25, -0.2) is 0 Å². The van der Waals surface area contributed by atoms with Gasteiger partial charge in [-0.3, -0.25) is 0 Å². The minimum atomic E-state index is 0.532. The lowest BCUT2D eigenvalue weighted by atomic mass is 10.2. The fourth-order valence-electron chi connectivity index (χ4n) is 1.66. The van der Waals surface area contributed by atoms with Gasteiger partial charge in [0.25, 0.3) is 0 Å². The average Bonchev–Trinajstić information content (AvgIpc) is 2.39. The Morgan fingerprint density at radius 3 is 2.74 bits per heavy atom. The van der Waals surface area contributed by atoms with Crippen molar-refractivity contribution < 1.29 is 4.74 Å². The molecule has 0 saturated carbocycles. The van der Waals surface area contributed by atoms with E-state index in [0.29, 0.717) is 27.7 Å². The van der Waals surface area contributed by atoms with Crippen molar-refractivity contribution in [2.45, 2.75) is 0 Å². The molecule has 2 rings (SSSR count). The molecule has 19 heavy (non-hydrogen) atoms. The highest BCUT2D eigenvalue weighted by molar-refractivity contribution is 9.10. The summed E-state index contributed by atoms with van der Waals surface area (Å²) in [5.74, 6) is 0.660. The second-order valence-corrected chi connectivity index (χ2v) is 5.03. The number of methoxy groups -OCH3 is 1. The van der Waals surface area contributed by atoms with Crippen LogP contribution in [-0.4, -0.2) is 7.11 Å². The third kappa shape index (κ3) is 3.01. The highest BCUT2D eigenvalue weighted by Gasteiger charge is 2.09. The third-order valence-electron chi connectivity index (χ3n) is 2.56. The van der Waals surface area contributed by atoms with E-state index in [4.69, 9.17) is 16.3 Å². The molecule has 0 bridgehead atoms. The number of nitrogens with zero attached hydrogens (tertiary/aromatic N) is 1. The van der Waals surface area contributed by atoms with Gasteiger partial charge >= 0.3 is 0 Å². The number of ether oxygens (including phenoxy) is 1. The summed E-state index contributed by atoms with van der Waals surface area (Å²) in [4.78, 5) is 0. The molecule has 0 radical (unpaired) electrons. The zero-order valence-electron chi connectivity index (χ0n) is 10.1. The van der Waals surface area contributed by atoms with Crippen LogP contribution in [0.15, 0.2) is 40.9 Å². The second kappa shape index (κ2) is 5.96. The summed E-state index contributed by atoms with van der Waals surface area (Å²) in [6, 6.07) is 12.9. The molecule has 0 aromatic heterocycles. The minimum absolute atomic E-state index is 0.532. The Morgan fingerprint density at radius 1 is 1.26 bits per heavy atom. The van der Waals surface area contributed by atoms with Crippen LogP contribution in [0.2, 0.25) is 5.02 Å². The first-order chi connectivity index (χ1) is 9.15. The van der Waals surface area contributed by atoms with Gasteiger partial charge in [0.15, 0.2) is 0 Å². The maximum Gasteiger partial charge on any atom is 0.142 e. The number of hydrogen-bond donors (Lipinski definition) is 1. The molecular weight excluding hydrogens is 328 g/mol. The van der Waals surface area contributed by atoms with Crippen LogP contribution in [0.5, 0.6) is 5.75 Å². The van der Waals surface area contributed by atoms with Gasteiger partial charge in [0.1, 0.15) is 11.8 Å². The number of nitrogens with one attached hydrogen (secondary N) is 1. The second-order valence-electron chi connectivity index (χ2n) is 3.74. The first-order valence-corrected chi connectivity index (χ1v) is 6.62. The van der Waals surface area contributed by atoms with E-state index < -0.39 is 0 Å². The van der Waals surface area contributed by atoms with Crippen LogP contribution in [0.25, 0.3) is 0 Å². The molecule has 0 aliphatic carbocycles. The predicted octanol–water partition coefficient (Wildman–Crippen LogP) is 4.73. The number of anilines is 2. The van der Waals surface area contributed by atoms with Gasteiger partial charge in [-0.1, -0.05) is 17.7 Å². The zero-order chi connectivity index (χ0) is 13.8. The number of rotatable bonds is 3. The molecule has 0 saturated heterocycles. The van der Waals surface area contributed by atoms with E-state index in [0.717, 1.165) is 4.47 Å². The average molecular weight is 338 g/mol. The largest absolute Gasteiger partial charge is 0.495 e. The molecule has 96 valence electrons. The molecule has 0 aliphatic rings. The highest BCUT2D eigenvalue weighted by Crippen LogP contribution is 2.33. The van der Waals surface area contributed by atoms with E-state index in [9.17, 15) is 5.26 Å². The number of hydrogen-bond acceptors (Lipinski definition) is 3. The Hall–Kier alpha value is -1.70. The number of halogens is 2. The summed E-state index contributed by atoms with van der Waals surface area (Å²) >= 11 is 9.33. The molecule has 0 unspecified atom stereocenters. The van der Waals surface area contributed by atoms with E-state index >= 15 is 0 Å². The van der Waals surface area contributed by atoms with Crippen molar-refractivity contribution in [1.29, 1.82) is 5.26 Å². The van der Waals surface area contributed by atoms with Gasteiger partial charge in [-0.05, 0) is 46.3 Å². The molecule has 2 aromatic carbocycles. The Bertz CT molecular complexity index is 652. The van der Waals surface area contributed by atoms with Crippen molar-refractivity contribution in [2.75, 3.05) is 12.4 Å². The fraction of sp³-hybridized carbons (Fsp3) is 0.0714. The minimum Gasteiger partial charge on any atom is -0.495 e. The van der Waals surface area contributed by atoms with E-state index in [-0.39, 0.29) is 0 Å². The van der Waals surface area contributed by atoms with Crippen molar-refractivity contribution in [2.24, 2.45) is 0 Å². The molecule has 5 heteroatoms. The molecule has 0 aliphatic heterocycles. The summed E-state index contributed by atoms with van der Waals surface area (Å²) in [5.41, 5.74) is 1.94. The molecule has 0 amide bonds. The first-order valence-electron chi connectivity index (χ1n) is 5.45. The molecule has 0 atom stereocenters. The topological polar surface area (TPSA) is 45.0 Å². The summed E-state index contributed by atoms with van der Waals surface area (Å²) in [7, 11) is 1.58. The molecular formula is C14H10BrClN2O.